The molecule has 0 aromatic heterocycles. The molecule has 2 aliphatic heterocycles. The maximum atomic E-state index is 13.6. The van der Waals surface area contributed by atoms with E-state index < -0.39 is 54.0 Å². The Morgan fingerprint density at radius 1 is 1.00 bits per heavy atom. The lowest BCUT2D eigenvalue weighted by Crippen LogP contribution is -2.55. The number of nitrogens with one attached hydrogen (secondary N) is 1. The van der Waals surface area contributed by atoms with E-state index in [-0.39, 0.29) is 53.9 Å². The molecule has 4 rings (SSSR count). The number of ether oxygens (including phenoxy) is 3. The average molecular weight is 721 g/mol. The number of aliphatic hydroxyl groups excluding tert-OH is 1. The molecular weight excluding hydrogens is 676 g/mol. The number of piperazine rings is 1. The maximum absolute atomic E-state index is 13.6. The number of nitrogens with zero attached hydrogens (tertiary/aromatic N) is 5. The Hall–Kier alpha value is -5.53. The molecule has 16 nitrogen and oxygen atoms in total. The first-order chi connectivity index (χ1) is 24.3. The third kappa shape index (κ3) is 9.83. The number of hydrogen-bond acceptors (Lipinski definition) is 11. The van der Waals surface area contributed by atoms with Gasteiger partial charge in [-0.05, 0) is 83.5 Å². The average Bonchev–Trinajstić information content (AvgIpc) is 3.06. The van der Waals surface area contributed by atoms with Crippen molar-refractivity contribution in [1.82, 2.24) is 14.7 Å². The van der Waals surface area contributed by atoms with Gasteiger partial charge in [0.25, 0.3) is 17.7 Å². The van der Waals surface area contributed by atoms with Crippen LogP contribution in [0.3, 0.4) is 0 Å². The van der Waals surface area contributed by atoms with E-state index in [1.165, 1.54) is 34.1 Å². The summed E-state index contributed by atoms with van der Waals surface area (Å²) in [6, 6.07) is 12.3. The van der Waals surface area contributed by atoms with Crippen LogP contribution in [0.5, 0.6) is 0 Å². The molecule has 278 valence electrons. The second-order valence-corrected chi connectivity index (χ2v) is 14.3. The predicted molar refractivity (Wildman–Crippen MR) is 186 cm³/mol. The molecule has 0 spiro atoms. The topological polar surface area (TPSA) is 199 Å². The molecule has 2 aromatic rings. The molecule has 16 heteroatoms. The van der Waals surface area contributed by atoms with E-state index in [9.17, 15) is 39.1 Å². The van der Waals surface area contributed by atoms with Crippen molar-refractivity contribution in [2.45, 2.75) is 71.5 Å². The smallest absolute Gasteiger partial charge is 0.420 e. The standard InChI is InChI=1S/C36H44N6O10/c1-35(2,3)51-33(48)42(34(49)52-36(4,5)6)20-24-17-25(12-11-23(24)19-37)38-30(45)28(44)29-32(47)41(15-16-50-29)26-10-8-9-22(18-26)31(46)40-14-13-39(7)27(43)21-40/h8-12,17-18,28-29,44H,13-16,20-21H2,1-7H3,(H,38,45)/t28-,29-/m1/s1. The molecule has 0 saturated carbocycles. The predicted octanol–water partition coefficient (Wildman–Crippen LogP) is 2.88. The summed E-state index contributed by atoms with van der Waals surface area (Å²) >= 11 is 0. The summed E-state index contributed by atoms with van der Waals surface area (Å²) in [5, 5.41) is 23.3. The summed E-state index contributed by atoms with van der Waals surface area (Å²) in [7, 11) is 1.66. The van der Waals surface area contributed by atoms with Crippen LogP contribution in [-0.4, -0.2) is 119 Å². The number of carbonyl (C=O) groups is 6. The molecule has 2 heterocycles. The molecule has 2 fully saturated rings. The Morgan fingerprint density at radius 2 is 1.65 bits per heavy atom. The molecule has 52 heavy (non-hydrogen) atoms. The first-order valence-corrected chi connectivity index (χ1v) is 16.6. The minimum atomic E-state index is -1.98. The molecule has 2 saturated heterocycles. The number of likely N-dealkylation sites (N-methyl/N-ethyl adjacent to an activating group) is 1. The highest BCUT2D eigenvalue weighted by Crippen LogP contribution is 2.25. The number of benzene rings is 2. The molecule has 0 aliphatic carbocycles. The Labute approximate surface area is 301 Å². The third-order valence-electron chi connectivity index (χ3n) is 7.88. The van der Waals surface area contributed by atoms with Gasteiger partial charge in [0.15, 0.2) is 12.2 Å². The minimum Gasteiger partial charge on any atom is -0.443 e. The number of anilines is 2. The van der Waals surface area contributed by atoms with E-state index in [0.717, 1.165) is 0 Å². The van der Waals surface area contributed by atoms with Crippen LogP contribution in [0, 0.1) is 11.3 Å². The first-order valence-electron chi connectivity index (χ1n) is 16.6. The van der Waals surface area contributed by atoms with Gasteiger partial charge in [-0.3, -0.25) is 19.2 Å². The van der Waals surface area contributed by atoms with Crippen molar-refractivity contribution in [3.8, 4) is 6.07 Å². The highest BCUT2D eigenvalue weighted by Gasteiger charge is 2.40. The fourth-order valence-electron chi connectivity index (χ4n) is 5.28. The summed E-state index contributed by atoms with van der Waals surface area (Å²) in [6.07, 6.45) is -5.61. The van der Waals surface area contributed by atoms with Crippen molar-refractivity contribution >= 4 is 47.2 Å². The van der Waals surface area contributed by atoms with Crippen LogP contribution in [0.4, 0.5) is 21.0 Å². The molecule has 2 aromatic carbocycles. The first kappa shape index (κ1) is 39.3. The van der Waals surface area contributed by atoms with Gasteiger partial charge in [-0.2, -0.15) is 5.26 Å². The zero-order valence-electron chi connectivity index (χ0n) is 30.3. The summed E-state index contributed by atoms with van der Waals surface area (Å²) in [5.41, 5.74) is -0.995. The maximum Gasteiger partial charge on any atom is 0.420 e. The number of nitriles is 1. The SMILES string of the molecule is CN1CCN(C(=O)c2cccc(N3CCO[C@H]([C@@H](O)C(=O)Nc4ccc(C#N)c(CN(C(=O)OC(C)(C)C)C(=O)OC(C)(C)C)c4)C3=O)c2)CC1=O. The number of hydrogen-bond donors (Lipinski definition) is 2. The van der Waals surface area contributed by atoms with Crippen molar-refractivity contribution in [3.63, 3.8) is 0 Å². The van der Waals surface area contributed by atoms with Crippen molar-refractivity contribution in [2.24, 2.45) is 0 Å². The fourth-order valence-corrected chi connectivity index (χ4v) is 5.28. The molecule has 2 aliphatic rings. The lowest BCUT2D eigenvalue weighted by molar-refractivity contribution is -0.150. The lowest BCUT2D eigenvalue weighted by atomic mass is 10.1. The van der Waals surface area contributed by atoms with Crippen molar-refractivity contribution in [2.75, 3.05) is 50.1 Å². The highest BCUT2D eigenvalue weighted by molar-refractivity contribution is 6.05. The summed E-state index contributed by atoms with van der Waals surface area (Å²) < 4.78 is 16.3. The molecule has 2 atom stereocenters. The van der Waals surface area contributed by atoms with E-state index >= 15 is 0 Å². The van der Waals surface area contributed by atoms with Crippen LogP contribution < -0.4 is 10.2 Å². The molecular formula is C36H44N6O10. The second kappa shape index (κ2) is 15.8. The quantitative estimate of drug-likeness (QED) is 0.426. The van der Waals surface area contributed by atoms with Gasteiger partial charge >= 0.3 is 12.2 Å². The Morgan fingerprint density at radius 3 is 2.25 bits per heavy atom. The van der Waals surface area contributed by atoms with Gasteiger partial charge in [-0.15, -0.1) is 0 Å². The second-order valence-electron chi connectivity index (χ2n) is 14.3. The number of rotatable bonds is 7. The van der Waals surface area contributed by atoms with E-state index in [2.05, 4.69) is 5.32 Å². The number of aliphatic hydroxyl groups is 1. The normalized spacial score (nSPS) is 17.2. The molecule has 0 unspecified atom stereocenters. The van der Waals surface area contributed by atoms with Crippen LogP contribution in [-0.2, 0) is 35.1 Å². The Kier molecular flexibility index (Phi) is 11.9. The molecule has 6 amide bonds. The number of carbonyl (C=O) groups excluding carboxylic acids is 6. The van der Waals surface area contributed by atoms with Gasteiger partial charge in [-0.1, -0.05) is 6.07 Å². The Bertz CT molecular complexity index is 1750. The molecule has 2 N–H and O–H groups in total. The number of imide groups is 1. The fraction of sp³-hybridized carbons (Fsp3) is 0.472. The van der Waals surface area contributed by atoms with Crippen LogP contribution in [0.2, 0.25) is 0 Å². The van der Waals surface area contributed by atoms with Gasteiger partial charge in [0.2, 0.25) is 5.91 Å². The van der Waals surface area contributed by atoms with Crippen molar-refractivity contribution in [3.05, 3.63) is 59.2 Å². The third-order valence-corrected chi connectivity index (χ3v) is 7.88. The van der Waals surface area contributed by atoms with E-state index in [1.54, 1.807) is 71.7 Å². The van der Waals surface area contributed by atoms with E-state index in [4.69, 9.17) is 14.2 Å². The number of morpholine rings is 1. The summed E-state index contributed by atoms with van der Waals surface area (Å²) in [6.45, 7) is 10.0. The van der Waals surface area contributed by atoms with Gasteiger partial charge in [0, 0.05) is 43.6 Å². The van der Waals surface area contributed by atoms with Gasteiger partial charge in [-0.25, -0.2) is 14.5 Å². The largest absolute Gasteiger partial charge is 0.443 e. The minimum absolute atomic E-state index is 0.0297. The van der Waals surface area contributed by atoms with Crippen molar-refractivity contribution in [1.29, 1.82) is 5.26 Å². The zero-order valence-corrected chi connectivity index (χ0v) is 30.3. The summed E-state index contributed by atoms with van der Waals surface area (Å²) in [4.78, 5) is 83.2. The van der Waals surface area contributed by atoms with Gasteiger partial charge in [0.1, 0.15) is 17.7 Å². The number of amides is 6. The van der Waals surface area contributed by atoms with E-state index in [1.807, 2.05) is 6.07 Å². The lowest BCUT2D eigenvalue weighted by Gasteiger charge is -2.34. The van der Waals surface area contributed by atoms with Crippen LogP contribution in [0.1, 0.15) is 63.0 Å². The summed E-state index contributed by atoms with van der Waals surface area (Å²) in [5.74, 6) is -2.29. The zero-order chi connectivity index (χ0) is 38.5. The molecule has 0 radical (unpaired) electrons. The van der Waals surface area contributed by atoms with Gasteiger partial charge in [0.05, 0.1) is 24.8 Å². The monoisotopic (exact) mass is 720 g/mol. The van der Waals surface area contributed by atoms with Crippen LogP contribution in [0.25, 0.3) is 0 Å². The van der Waals surface area contributed by atoms with E-state index in [0.29, 0.717) is 23.7 Å². The highest BCUT2D eigenvalue weighted by atomic mass is 16.6. The van der Waals surface area contributed by atoms with Gasteiger partial charge < -0.3 is 39.3 Å². The Balaban J connectivity index is 1.50. The van der Waals surface area contributed by atoms with Crippen LogP contribution in [0.15, 0.2) is 42.5 Å². The van der Waals surface area contributed by atoms with Crippen LogP contribution >= 0.6 is 0 Å². The van der Waals surface area contributed by atoms with Crippen molar-refractivity contribution < 1.29 is 48.1 Å². The molecule has 0 bridgehead atoms.